The molecule has 1 saturated carbocycles. The highest BCUT2D eigenvalue weighted by atomic mass is 16.7. The molecule has 2 fully saturated rings. The van der Waals surface area contributed by atoms with Gasteiger partial charge in [0.1, 0.15) is 5.57 Å². The lowest BCUT2D eigenvalue weighted by molar-refractivity contribution is -0.244. The molecule has 1 aliphatic heterocycles. The fourth-order valence-corrected chi connectivity index (χ4v) is 3.85. The molecule has 1 saturated heterocycles. The minimum absolute atomic E-state index is 0.00921. The average Bonchev–Trinajstić information content (AvgIpc) is 2.58. The highest BCUT2D eigenvalue weighted by molar-refractivity contribution is 6.19. The third-order valence-electron chi connectivity index (χ3n) is 5.96. The summed E-state index contributed by atoms with van der Waals surface area (Å²) in [4.78, 5) is 25.1. The van der Waals surface area contributed by atoms with E-state index in [4.69, 9.17) is 9.47 Å². The van der Waals surface area contributed by atoms with Crippen molar-refractivity contribution in [1.29, 1.82) is 0 Å². The number of carbonyl (C=O) groups is 2. The number of carbonyl (C=O) groups excluding carboxylic acids is 2. The van der Waals surface area contributed by atoms with Crippen LogP contribution in [-0.2, 0) is 19.1 Å². The summed E-state index contributed by atoms with van der Waals surface area (Å²) in [6, 6.07) is 0. The molecular formula is C21H26O4. The monoisotopic (exact) mass is 342 g/mol. The maximum Gasteiger partial charge on any atom is 0.348 e. The summed E-state index contributed by atoms with van der Waals surface area (Å²) < 4.78 is 11.2. The van der Waals surface area contributed by atoms with E-state index >= 15 is 0 Å². The van der Waals surface area contributed by atoms with Gasteiger partial charge in [0.2, 0.25) is 0 Å². The topological polar surface area (TPSA) is 52.6 Å². The van der Waals surface area contributed by atoms with Crippen LogP contribution in [0.15, 0.2) is 5.57 Å². The SMILES string of the molecule is Cc1c(C)c(C)c(C=C2C(=O)OC3(CCCCC3)OC2=O)c(C)c1C. The Morgan fingerprint density at radius 2 is 1.16 bits per heavy atom. The normalized spacial score (nSPS) is 19.6. The van der Waals surface area contributed by atoms with E-state index in [9.17, 15) is 9.59 Å². The van der Waals surface area contributed by atoms with Gasteiger partial charge in [-0.2, -0.15) is 0 Å². The van der Waals surface area contributed by atoms with Crippen LogP contribution in [0.4, 0.5) is 0 Å². The van der Waals surface area contributed by atoms with E-state index in [0.717, 1.165) is 36.0 Å². The van der Waals surface area contributed by atoms with Crippen LogP contribution >= 0.6 is 0 Å². The second-order valence-electron chi connectivity index (χ2n) is 7.35. The van der Waals surface area contributed by atoms with Crippen LogP contribution in [0.5, 0.6) is 0 Å². The molecule has 1 heterocycles. The molecule has 3 rings (SSSR count). The predicted molar refractivity (Wildman–Crippen MR) is 96.1 cm³/mol. The fourth-order valence-electron chi connectivity index (χ4n) is 3.85. The maximum atomic E-state index is 12.6. The van der Waals surface area contributed by atoms with Gasteiger partial charge in [0.15, 0.2) is 0 Å². The Balaban J connectivity index is 2.01. The largest absolute Gasteiger partial charge is 0.419 e. The van der Waals surface area contributed by atoms with Crippen molar-refractivity contribution in [3.63, 3.8) is 0 Å². The van der Waals surface area contributed by atoms with Crippen LogP contribution in [0.2, 0.25) is 0 Å². The molecule has 0 amide bonds. The lowest BCUT2D eigenvalue weighted by Gasteiger charge is -2.38. The Kier molecular flexibility index (Phi) is 4.48. The first-order chi connectivity index (χ1) is 11.8. The summed E-state index contributed by atoms with van der Waals surface area (Å²) in [6.45, 7) is 10.3. The molecule has 0 unspecified atom stereocenters. The highest BCUT2D eigenvalue weighted by Crippen LogP contribution is 2.38. The molecular weight excluding hydrogens is 316 g/mol. The molecule has 0 bridgehead atoms. The van der Waals surface area contributed by atoms with Crippen molar-refractivity contribution in [2.75, 3.05) is 0 Å². The highest BCUT2D eigenvalue weighted by Gasteiger charge is 2.46. The Morgan fingerprint density at radius 1 is 0.720 bits per heavy atom. The van der Waals surface area contributed by atoms with Gasteiger partial charge in [0, 0.05) is 12.8 Å². The molecule has 2 aliphatic rings. The lowest BCUT2D eigenvalue weighted by atomic mass is 9.88. The average molecular weight is 342 g/mol. The summed E-state index contributed by atoms with van der Waals surface area (Å²) in [5, 5.41) is 0. The van der Waals surface area contributed by atoms with Crippen molar-refractivity contribution in [3.05, 3.63) is 39.0 Å². The zero-order chi connectivity index (χ0) is 18.4. The third kappa shape index (κ3) is 2.99. The second kappa shape index (κ2) is 6.32. The van der Waals surface area contributed by atoms with Crippen molar-refractivity contribution in [2.45, 2.75) is 72.5 Å². The summed E-state index contributed by atoms with van der Waals surface area (Å²) in [7, 11) is 0. The van der Waals surface area contributed by atoms with E-state index in [2.05, 4.69) is 20.8 Å². The molecule has 134 valence electrons. The number of hydrogen-bond donors (Lipinski definition) is 0. The van der Waals surface area contributed by atoms with E-state index in [-0.39, 0.29) is 5.57 Å². The number of rotatable bonds is 1. The van der Waals surface area contributed by atoms with Gasteiger partial charge in [-0.1, -0.05) is 6.42 Å². The first-order valence-corrected chi connectivity index (χ1v) is 9.01. The fraction of sp³-hybridized carbons (Fsp3) is 0.524. The van der Waals surface area contributed by atoms with E-state index in [1.807, 2.05) is 13.8 Å². The quantitative estimate of drug-likeness (QED) is 0.432. The van der Waals surface area contributed by atoms with Crippen LogP contribution < -0.4 is 0 Å². The van der Waals surface area contributed by atoms with Gasteiger partial charge < -0.3 is 9.47 Å². The van der Waals surface area contributed by atoms with Gasteiger partial charge in [0.05, 0.1) is 0 Å². The summed E-state index contributed by atoms with van der Waals surface area (Å²) >= 11 is 0. The second-order valence-corrected chi connectivity index (χ2v) is 7.35. The number of hydrogen-bond acceptors (Lipinski definition) is 4. The van der Waals surface area contributed by atoms with Crippen LogP contribution in [-0.4, -0.2) is 17.7 Å². The zero-order valence-corrected chi connectivity index (χ0v) is 15.7. The van der Waals surface area contributed by atoms with E-state index in [0.29, 0.717) is 12.8 Å². The third-order valence-corrected chi connectivity index (χ3v) is 5.96. The van der Waals surface area contributed by atoms with Crippen LogP contribution in [0.25, 0.3) is 6.08 Å². The first kappa shape index (κ1) is 17.7. The molecule has 0 atom stereocenters. The first-order valence-electron chi connectivity index (χ1n) is 9.01. The molecule has 0 N–H and O–H groups in total. The molecule has 25 heavy (non-hydrogen) atoms. The number of esters is 2. The lowest BCUT2D eigenvalue weighted by Crippen LogP contribution is -2.47. The minimum atomic E-state index is -1.03. The molecule has 0 aromatic heterocycles. The maximum absolute atomic E-state index is 12.6. The van der Waals surface area contributed by atoms with Crippen molar-refractivity contribution in [1.82, 2.24) is 0 Å². The smallest absolute Gasteiger partial charge is 0.348 e. The van der Waals surface area contributed by atoms with Crippen molar-refractivity contribution < 1.29 is 19.1 Å². The van der Waals surface area contributed by atoms with Crippen LogP contribution in [0, 0.1) is 34.6 Å². The summed E-state index contributed by atoms with van der Waals surface area (Å²) in [5.41, 5.74) is 6.65. The van der Waals surface area contributed by atoms with Crippen molar-refractivity contribution >= 4 is 18.0 Å². The van der Waals surface area contributed by atoms with E-state index in [1.165, 1.54) is 16.7 Å². The van der Waals surface area contributed by atoms with Crippen LogP contribution in [0.1, 0.15) is 65.5 Å². The Labute approximate surface area is 149 Å². The molecule has 0 radical (unpaired) electrons. The predicted octanol–water partition coefficient (Wildman–Crippen LogP) is 4.37. The molecule has 1 spiro atoms. The molecule has 4 heteroatoms. The standard InChI is InChI=1S/C21H26O4/c1-12-13(2)15(4)17(16(5)14(12)3)11-18-19(22)24-21(25-20(18)23)9-7-6-8-10-21/h11H,6-10H2,1-5H3. The Hall–Kier alpha value is -2.10. The van der Waals surface area contributed by atoms with E-state index in [1.54, 1.807) is 6.08 Å². The number of ether oxygens (including phenoxy) is 2. The van der Waals surface area contributed by atoms with E-state index < -0.39 is 17.7 Å². The molecule has 1 aromatic carbocycles. The van der Waals surface area contributed by atoms with Gasteiger partial charge in [-0.05, 0) is 86.9 Å². The van der Waals surface area contributed by atoms with Gasteiger partial charge >= 0.3 is 11.9 Å². The zero-order valence-electron chi connectivity index (χ0n) is 15.7. The molecule has 1 aromatic rings. The minimum Gasteiger partial charge on any atom is -0.419 e. The van der Waals surface area contributed by atoms with Gasteiger partial charge in [-0.3, -0.25) is 0 Å². The molecule has 4 nitrogen and oxygen atoms in total. The Morgan fingerprint density at radius 3 is 1.64 bits per heavy atom. The van der Waals surface area contributed by atoms with Gasteiger partial charge in [-0.25, -0.2) is 9.59 Å². The molecule has 1 aliphatic carbocycles. The van der Waals surface area contributed by atoms with Crippen molar-refractivity contribution in [2.24, 2.45) is 0 Å². The Bertz CT molecular complexity index is 729. The number of benzene rings is 1. The van der Waals surface area contributed by atoms with Crippen molar-refractivity contribution in [3.8, 4) is 0 Å². The van der Waals surface area contributed by atoms with Crippen LogP contribution in [0.3, 0.4) is 0 Å². The van der Waals surface area contributed by atoms with Gasteiger partial charge in [-0.15, -0.1) is 0 Å². The summed E-state index contributed by atoms with van der Waals surface area (Å²) in [5.74, 6) is -2.16. The van der Waals surface area contributed by atoms with Gasteiger partial charge in [0.25, 0.3) is 5.79 Å². The summed E-state index contributed by atoms with van der Waals surface area (Å²) in [6.07, 6.45) is 5.74.